The highest BCUT2D eigenvalue weighted by Crippen LogP contribution is 2.24. The number of hydrogen-bond donors (Lipinski definition) is 1. The van der Waals surface area contributed by atoms with Crippen LogP contribution < -0.4 is 4.90 Å². The van der Waals surface area contributed by atoms with Crippen molar-refractivity contribution in [1.29, 1.82) is 0 Å². The fourth-order valence-corrected chi connectivity index (χ4v) is 4.58. The molecule has 2 aromatic rings. The van der Waals surface area contributed by atoms with Gasteiger partial charge in [-0.1, -0.05) is 17.7 Å². The van der Waals surface area contributed by atoms with Crippen molar-refractivity contribution in [3.8, 4) is 0 Å². The molecule has 1 aromatic heterocycles. The lowest BCUT2D eigenvalue weighted by Gasteiger charge is -2.35. The Kier molecular flexibility index (Phi) is 4.77. The summed E-state index contributed by atoms with van der Waals surface area (Å²) in [7, 11) is -2.20. The van der Waals surface area contributed by atoms with Crippen LogP contribution in [0.3, 0.4) is 0 Å². The van der Waals surface area contributed by atoms with E-state index < -0.39 is 16.0 Å². The molecule has 1 aromatic carbocycles. The number of sulfonamides is 1. The van der Waals surface area contributed by atoms with Crippen molar-refractivity contribution in [3.05, 3.63) is 47.2 Å². The van der Waals surface area contributed by atoms with E-state index in [1.807, 2.05) is 18.2 Å². The number of carbonyl (C=O) groups is 1. The van der Waals surface area contributed by atoms with Gasteiger partial charge in [-0.3, -0.25) is 0 Å². The van der Waals surface area contributed by atoms with E-state index in [9.17, 15) is 13.2 Å². The van der Waals surface area contributed by atoms with Crippen molar-refractivity contribution < 1.29 is 18.3 Å². The van der Waals surface area contributed by atoms with Crippen molar-refractivity contribution in [2.75, 3.05) is 31.1 Å². The number of hydrogen-bond acceptors (Lipinski definition) is 4. The van der Waals surface area contributed by atoms with Gasteiger partial charge in [0.05, 0.1) is 0 Å². The minimum Gasteiger partial charge on any atom is -0.477 e. The van der Waals surface area contributed by atoms with E-state index in [1.54, 1.807) is 6.07 Å². The zero-order valence-corrected chi connectivity index (χ0v) is 15.2. The molecule has 1 fully saturated rings. The van der Waals surface area contributed by atoms with Gasteiger partial charge in [0.2, 0.25) is 10.0 Å². The molecule has 0 saturated carbocycles. The number of halogens is 1. The highest BCUT2D eigenvalue weighted by Gasteiger charge is 2.30. The summed E-state index contributed by atoms with van der Waals surface area (Å²) < 4.78 is 28.2. The molecule has 25 heavy (non-hydrogen) atoms. The molecular formula is C16H18ClN3O4S. The number of nitrogens with zero attached hydrogens (tertiary/aromatic N) is 3. The quantitative estimate of drug-likeness (QED) is 0.871. The van der Waals surface area contributed by atoms with E-state index in [2.05, 4.69) is 4.90 Å². The van der Waals surface area contributed by atoms with Crippen molar-refractivity contribution in [2.24, 2.45) is 7.05 Å². The maximum atomic E-state index is 12.8. The van der Waals surface area contributed by atoms with Gasteiger partial charge in [-0.25, -0.2) is 13.2 Å². The lowest BCUT2D eigenvalue weighted by molar-refractivity contribution is 0.0686. The highest BCUT2D eigenvalue weighted by molar-refractivity contribution is 7.89. The first-order chi connectivity index (χ1) is 11.8. The third-order valence-electron chi connectivity index (χ3n) is 4.25. The van der Waals surface area contributed by atoms with E-state index in [0.717, 1.165) is 5.69 Å². The molecular weight excluding hydrogens is 366 g/mol. The standard InChI is InChI=1S/C16H18ClN3O4S/c1-18-11-14(10-15(18)16(21)22)25(23,24)20-7-5-19(6-8-20)13-4-2-3-12(17)9-13/h2-4,9-11H,5-8H2,1H3,(H,21,22). The number of aromatic nitrogens is 1. The van der Waals surface area contributed by atoms with E-state index in [0.29, 0.717) is 31.2 Å². The Bertz CT molecular complexity index is 902. The van der Waals surface area contributed by atoms with Gasteiger partial charge in [-0.05, 0) is 24.3 Å². The second-order valence-electron chi connectivity index (χ2n) is 5.85. The van der Waals surface area contributed by atoms with Gasteiger partial charge in [0, 0.05) is 50.1 Å². The SMILES string of the molecule is Cn1cc(S(=O)(=O)N2CCN(c3cccc(Cl)c3)CC2)cc1C(=O)O. The summed E-state index contributed by atoms with van der Waals surface area (Å²) in [4.78, 5) is 13.2. The number of rotatable bonds is 4. The Labute approximate surface area is 151 Å². The normalized spacial score (nSPS) is 16.2. The number of carboxylic acid groups (broad SMARTS) is 1. The summed E-state index contributed by atoms with van der Waals surface area (Å²) in [5, 5.41) is 9.73. The number of aromatic carboxylic acids is 1. The molecule has 3 rings (SSSR count). The Hall–Kier alpha value is -2.03. The van der Waals surface area contributed by atoms with Gasteiger partial charge in [-0.15, -0.1) is 0 Å². The second kappa shape index (κ2) is 6.70. The molecule has 0 atom stereocenters. The minimum absolute atomic E-state index is 0.00334. The van der Waals surface area contributed by atoms with Gasteiger partial charge < -0.3 is 14.6 Å². The molecule has 1 N–H and O–H groups in total. The molecule has 0 aliphatic carbocycles. The van der Waals surface area contributed by atoms with Crippen molar-refractivity contribution in [3.63, 3.8) is 0 Å². The predicted molar refractivity (Wildman–Crippen MR) is 94.8 cm³/mol. The molecule has 0 spiro atoms. The van der Waals surface area contributed by atoms with Gasteiger partial charge in [0.15, 0.2) is 0 Å². The Balaban J connectivity index is 1.75. The molecule has 0 bridgehead atoms. The largest absolute Gasteiger partial charge is 0.477 e. The summed E-state index contributed by atoms with van der Waals surface area (Å²) in [6, 6.07) is 8.63. The molecule has 134 valence electrons. The van der Waals surface area contributed by atoms with E-state index in [-0.39, 0.29) is 10.6 Å². The van der Waals surface area contributed by atoms with Crippen LogP contribution in [0.4, 0.5) is 5.69 Å². The average molecular weight is 384 g/mol. The summed E-state index contributed by atoms with van der Waals surface area (Å²) in [6.07, 6.45) is 1.34. The molecule has 7 nitrogen and oxygen atoms in total. The highest BCUT2D eigenvalue weighted by atomic mass is 35.5. The number of anilines is 1. The van der Waals surface area contributed by atoms with Crippen LogP contribution in [0.15, 0.2) is 41.4 Å². The molecule has 2 heterocycles. The van der Waals surface area contributed by atoms with Crippen molar-refractivity contribution >= 4 is 33.3 Å². The number of aryl methyl sites for hydroxylation is 1. The first-order valence-electron chi connectivity index (χ1n) is 7.69. The maximum absolute atomic E-state index is 12.8. The first kappa shape index (κ1) is 17.8. The predicted octanol–water partition coefficient (Wildman–Crippen LogP) is 1.89. The lowest BCUT2D eigenvalue weighted by atomic mass is 10.2. The summed E-state index contributed by atoms with van der Waals surface area (Å²) >= 11 is 6.00. The molecule has 0 radical (unpaired) electrons. The van der Waals surface area contributed by atoms with Crippen LogP contribution in [0.2, 0.25) is 5.02 Å². The Morgan fingerprint density at radius 1 is 1.16 bits per heavy atom. The van der Waals surface area contributed by atoms with Gasteiger partial charge in [-0.2, -0.15) is 4.31 Å². The van der Waals surface area contributed by atoms with Gasteiger partial charge in [0.1, 0.15) is 10.6 Å². The van der Waals surface area contributed by atoms with Gasteiger partial charge >= 0.3 is 5.97 Å². The molecule has 0 amide bonds. The molecule has 1 aliphatic heterocycles. The van der Waals surface area contributed by atoms with Crippen LogP contribution in [-0.2, 0) is 17.1 Å². The third-order valence-corrected chi connectivity index (χ3v) is 6.35. The number of piperazine rings is 1. The maximum Gasteiger partial charge on any atom is 0.352 e. The van der Waals surface area contributed by atoms with Crippen LogP contribution in [0, 0.1) is 0 Å². The van der Waals surface area contributed by atoms with E-state index >= 15 is 0 Å². The van der Waals surface area contributed by atoms with Gasteiger partial charge in [0.25, 0.3) is 0 Å². The van der Waals surface area contributed by atoms with Crippen LogP contribution in [0.1, 0.15) is 10.5 Å². The topological polar surface area (TPSA) is 82.9 Å². The van der Waals surface area contributed by atoms with Crippen LogP contribution in [-0.4, -0.2) is 54.5 Å². The average Bonchev–Trinajstić information content (AvgIpc) is 2.98. The van der Waals surface area contributed by atoms with E-state index in [1.165, 1.54) is 28.2 Å². The summed E-state index contributed by atoms with van der Waals surface area (Å²) in [6.45, 7) is 1.73. The molecule has 9 heteroatoms. The number of benzene rings is 1. The third kappa shape index (κ3) is 3.51. The fourth-order valence-electron chi connectivity index (χ4n) is 2.90. The lowest BCUT2D eigenvalue weighted by Crippen LogP contribution is -2.48. The van der Waals surface area contributed by atoms with E-state index in [4.69, 9.17) is 16.7 Å². The fraction of sp³-hybridized carbons (Fsp3) is 0.312. The van der Waals surface area contributed by atoms with Crippen LogP contribution >= 0.6 is 11.6 Å². The molecule has 1 saturated heterocycles. The summed E-state index contributed by atoms with van der Waals surface area (Å²) in [5.41, 5.74) is 0.897. The molecule has 0 unspecified atom stereocenters. The second-order valence-corrected chi connectivity index (χ2v) is 8.22. The first-order valence-corrected chi connectivity index (χ1v) is 9.51. The monoisotopic (exact) mass is 383 g/mol. The molecule has 1 aliphatic rings. The van der Waals surface area contributed by atoms with Crippen LogP contribution in [0.5, 0.6) is 0 Å². The summed E-state index contributed by atoms with van der Waals surface area (Å²) in [5.74, 6) is -1.16. The van der Waals surface area contributed by atoms with Crippen molar-refractivity contribution in [1.82, 2.24) is 8.87 Å². The van der Waals surface area contributed by atoms with Crippen LogP contribution in [0.25, 0.3) is 0 Å². The minimum atomic E-state index is -3.71. The zero-order valence-electron chi connectivity index (χ0n) is 13.6. The smallest absolute Gasteiger partial charge is 0.352 e. The van der Waals surface area contributed by atoms with Crippen molar-refractivity contribution in [2.45, 2.75) is 4.90 Å². The number of carboxylic acids is 1. The Morgan fingerprint density at radius 3 is 2.40 bits per heavy atom. The Morgan fingerprint density at radius 2 is 1.84 bits per heavy atom. The zero-order chi connectivity index (χ0) is 18.2.